The van der Waals surface area contributed by atoms with E-state index in [2.05, 4.69) is 10.6 Å². The highest BCUT2D eigenvalue weighted by Gasteiger charge is 2.30. The van der Waals surface area contributed by atoms with Gasteiger partial charge in [0.05, 0.1) is 5.56 Å². The zero-order chi connectivity index (χ0) is 18.6. The van der Waals surface area contributed by atoms with Gasteiger partial charge in [0.25, 0.3) is 0 Å². The first-order valence-electron chi connectivity index (χ1n) is 7.60. The first-order valence-corrected chi connectivity index (χ1v) is 7.60. The number of benzene rings is 2. The lowest BCUT2D eigenvalue weighted by Crippen LogP contribution is -2.29. The highest BCUT2D eigenvalue weighted by atomic mass is 19.4. The third kappa shape index (κ3) is 4.59. The molecule has 4 nitrogen and oxygen atoms in total. The molecule has 7 heteroatoms. The number of hydrogen-bond donors (Lipinski definition) is 2. The van der Waals surface area contributed by atoms with Gasteiger partial charge in [-0.25, -0.2) is 0 Å². The number of para-hydroxylation sites is 1. The van der Waals surface area contributed by atoms with E-state index < -0.39 is 23.6 Å². The molecule has 0 heterocycles. The fourth-order valence-corrected chi connectivity index (χ4v) is 2.33. The number of halogens is 3. The summed E-state index contributed by atoms with van der Waals surface area (Å²) in [6.07, 6.45) is -3.87. The minimum absolute atomic E-state index is 0.101. The third-order valence-corrected chi connectivity index (χ3v) is 3.63. The van der Waals surface area contributed by atoms with Crippen molar-refractivity contribution in [3.05, 3.63) is 59.2 Å². The van der Waals surface area contributed by atoms with Crippen molar-refractivity contribution in [2.24, 2.45) is 0 Å². The van der Waals surface area contributed by atoms with E-state index in [-0.39, 0.29) is 5.69 Å². The van der Waals surface area contributed by atoms with Crippen LogP contribution in [-0.2, 0) is 22.2 Å². The van der Waals surface area contributed by atoms with Crippen LogP contribution < -0.4 is 10.6 Å². The zero-order valence-corrected chi connectivity index (χ0v) is 13.7. The van der Waals surface area contributed by atoms with Crippen molar-refractivity contribution in [1.29, 1.82) is 0 Å². The maximum absolute atomic E-state index is 12.7. The lowest BCUT2D eigenvalue weighted by Gasteiger charge is -2.13. The minimum Gasteiger partial charge on any atom is -0.318 e. The van der Waals surface area contributed by atoms with E-state index in [1.54, 1.807) is 13.0 Å². The van der Waals surface area contributed by atoms with E-state index in [0.717, 1.165) is 29.3 Å². The van der Waals surface area contributed by atoms with Gasteiger partial charge in [0.15, 0.2) is 0 Å². The molecule has 25 heavy (non-hydrogen) atoms. The molecule has 0 fully saturated rings. The minimum atomic E-state index is -4.53. The largest absolute Gasteiger partial charge is 0.416 e. The smallest absolute Gasteiger partial charge is 0.318 e. The molecule has 0 aliphatic heterocycles. The predicted octanol–water partition coefficient (Wildman–Crippen LogP) is 4.15. The summed E-state index contributed by atoms with van der Waals surface area (Å²) < 4.78 is 38.1. The van der Waals surface area contributed by atoms with Crippen LogP contribution in [0.25, 0.3) is 0 Å². The monoisotopic (exact) mass is 350 g/mol. The summed E-state index contributed by atoms with van der Waals surface area (Å²) in [7, 11) is 0. The highest BCUT2D eigenvalue weighted by Crippen LogP contribution is 2.30. The summed E-state index contributed by atoms with van der Waals surface area (Å²) in [4.78, 5) is 24.1. The van der Waals surface area contributed by atoms with Crippen molar-refractivity contribution in [2.45, 2.75) is 26.4 Å². The Balaban J connectivity index is 2.13. The Morgan fingerprint density at radius 1 is 1.00 bits per heavy atom. The number of carbonyl (C=O) groups excluding carboxylic acids is 2. The average molecular weight is 350 g/mol. The summed E-state index contributed by atoms with van der Waals surface area (Å²) in [5, 5.41) is 4.70. The number of hydrogen-bond acceptors (Lipinski definition) is 2. The predicted molar refractivity (Wildman–Crippen MR) is 89.3 cm³/mol. The second kappa shape index (κ2) is 7.38. The molecule has 0 unspecified atom stereocenters. The first-order chi connectivity index (χ1) is 11.7. The van der Waals surface area contributed by atoms with Gasteiger partial charge in [0, 0.05) is 11.4 Å². The molecule has 132 valence electrons. The molecule has 2 N–H and O–H groups in total. The molecule has 0 bridgehead atoms. The normalized spacial score (nSPS) is 11.1. The second-order valence-electron chi connectivity index (χ2n) is 5.45. The highest BCUT2D eigenvalue weighted by molar-refractivity contribution is 6.43. The molecular formula is C18H17F3N2O2. The third-order valence-electron chi connectivity index (χ3n) is 3.63. The quantitative estimate of drug-likeness (QED) is 0.817. The number of amides is 2. The van der Waals surface area contributed by atoms with Crippen molar-refractivity contribution < 1.29 is 22.8 Å². The van der Waals surface area contributed by atoms with Crippen LogP contribution in [0.3, 0.4) is 0 Å². The van der Waals surface area contributed by atoms with Crippen LogP contribution in [0.1, 0.15) is 23.6 Å². The van der Waals surface area contributed by atoms with Gasteiger partial charge in [-0.05, 0) is 42.7 Å². The first kappa shape index (κ1) is 18.5. The Morgan fingerprint density at radius 2 is 1.64 bits per heavy atom. The van der Waals surface area contributed by atoms with Crippen LogP contribution in [0.4, 0.5) is 24.5 Å². The van der Waals surface area contributed by atoms with Gasteiger partial charge in [-0.3, -0.25) is 9.59 Å². The van der Waals surface area contributed by atoms with E-state index in [4.69, 9.17) is 0 Å². The Bertz CT molecular complexity index is 801. The summed E-state index contributed by atoms with van der Waals surface area (Å²) >= 11 is 0. The number of aryl methyl sites for hydroxylation is 2. The van der Waals surface area contributed by atoms with Crippen LogP contribution in [0, 0.1) is 6.92 Å². The van der Waals surface area contributed by atoms with Crippen LogP contribution in [0.15, 0.2) is 42.5 Å². The van der Waals surface area contributed by atoms with Gasteiger partial charge in [-0.15, -0.1) is 0 Å². The van der Waals surface area contributed by atoms with Crippen molar-refractivity contribution in [3.8, 4) is 0 Å². The molecule has 0 saturated heterocycles. The molecule has 0 aliphatic carbocycles. The lowest BCUT2D eigenvalue weighted by atomic mass is 10.1. The van der Waals surface area contributed by atoms with E-state index in [1.807, 2.05) is 19.1 Å². The molecule has 0 saturated carbocycles. The van der Waals surface area contributed by atoms with Gasteiger partial charge in [-0.2, -0.15) is 13.2 Å². The van der Waals surface area contributed by atoms with E-state index in [0.29, 0.717) is 12.1 Å². The van der Waals surface area contributed by atoms with Crippen LogP contribution >= 0.6 is 0 Å². The molecule has 2 rings (SSSR count). The van der Waals surface area contributed by atoms with Crippen molar-refractivity contribution in [2.75, 3.05) is 10.6 Å². The van der Waals surface area contributed by atoms with E-state index in [9.17, 15) is 22.8 Å². The summed E-state index contributed by atoms with van der Waals surface area (Å²) in [6.45, 7) is 3.70. The fourth-order valence-electron chi connectivity index (χ4n) is 2.33. The van der Waals surface area contributed by atoms with E-state index >= 15 is 0 Å². The Morgan fingerprint density at radius 3 is 2.28 bits per heavy atom. The maximum Gasteiger partial charge on any atom is 0.416 e. The summed E-state index contributed by atoms with van der Waals surface area (Å²) in [6, 6.07) is 9.56. The van der Waals surface area contributed by atoms with Gasteiger partial charge in [-0.1, -0.05) is 31.2 Å². The Hall–Kier alpha value is -2.83. The standard InChI is InChI=1S/C18H17F3N2O2/c1-3-12-7-4-6-11(2)15(12)23-17(25)16(24)22-14-9-5-8-13(10-14)18(19,20)21/h4-10H,3H2,1-2H3,(H,22,24)(H,23,25). The number of alkyl halides is 3. The molecule has 0 aliphatic rings. The molecule has 2 amide bonds. The summed E-state index contributed by atoms with van der Waals surface area (Å²) in [5.74, 6) is -1.98. The van der Waals surface area contributed by atoms with Crippen LogP contribution in [0.5, 0.6) is 0 Å². The van der Waals surface area contributed by atoms with Gasteiger partial charge in [0.2, 0.25) is 0 Å². The number of nitrogens with one attached hydrogen (secondary N) is 2. The lowest BCUT2D eigenvalue weighted by molar-refractivity contribution is -0.137. The van der Waals surface area contributed by atoms with Gasteiger partial charge >= 0.3 is 18.0 Å². The molecule has 2 aromatic carbocycles. The molecule has 0 aromatic heterocycles. The fraction of sp³-hybridized carbons (Fsp3) is 0.222. The Labute approximate surface area is 143 Å². The van der Waals surface area contributed by atoms with Crippen molar-refractivity contribution in [1.82, 2.24) is 0 Å². The topological polar surface area (TPSA) is 58.2 Å². The average Bonchev–Trinajstić information content (AvgIpc) is 2.56. The van der Waals surface area contributed by atoms with Gasteiger partial charge in [0.1, 0.15) is 0 Å². The SMILES string of the molecule is CCc1cccc(C)c1NC(=O)C(=O)Nc1cccc(C(F)(F)F)c1. The molecule has 2 aromatic rings. The molecule has 0 radical (unpaired) electrons. The number of carbonyl (C=O) groups is 2. The maximum atomic E-state index is 12.7. The molecular weight excluding hydrogens is 333 g/mol. The second-order valence-corrected chi connectivity index (χ2v) is 5.45. The van der Waals surface area contributed by atoms with Crippen molar-refractivity contribution >= 4 is 23.2 Å². The molecule has 0 spiro atoms. The van der Waals surface area contributed by atoms with Crippen LogP contribution in [-0.4, -0.2) is 11.8 Å². The Kier molecular flexibility index (Phi) is 5.46. The number of rotatable bonds is 3. The van der Waals surface area contributed by atoms with Crippen molar-refractivity contribution in [3.63, 3.8) is 0 Å². The summed E-state index contributed by atoms with van der Waals surface area (Å²) in [5.41, 5.74) is 1.18. The molecule has 0 atom stereocenters. The zero-order valence-electron chi connectivity index (χ0n) is 13.7. The van der Waals surface area contributed by atoms with Gasteiger partial charge < -0.3 is 10.6 Å². The number of anilines is 2. The van der Waals surface area contributed by atoms with E-state index in [1.165, 1.54) is 6.07 Å². The van der Waals surface area contributed by atoms with Crippen LogP contribution in [0.2, 0.25) is 0 Å².